The Morgan fingerprint density at radius 2 is 0.656 bits per heavy atom. The van der Waals surface area contributed by atoms with Crippen LogP contribution in [0.15, 0.2) is 243 Å². The Hall–Kier alpha value is -7.94. The molecule has 0 bridgehead atoms. The summed E-state index contributed by atoms with van der Waals surface area (Å²) in [5.41, 5.74) is 19.2. The van der Waals surface area contributed by atoms with Gasteiger partial charge in [0.2, 0.25) is 0 Å². The van der Waals surface area contributed by atoms with E-state index in [0.717, 1.165) is 44.8 Å². The highest BCUT2D eigenvalue weighted by Gasteiger charge is 2.45. The SMILES string of the molecule is c1ccc(-c2cccc(-c3cc(-c4ccccc4)nc(-c4cccc(-c5ccc(-c6ccc7c(c6)-c6ccccc6C7(c6ccccc6)c6ccccc6)cc5)c4)n3)c2)cc1. The predicted molar refractivity (Wildman–Crippen MR) is 252 cm³/mol. The number of nitrogens with zero attached hydrogens (tertiary/aromatic N) is 2. The van der Waals surface area contributed by atoms with Gasteiger partial charge in [-0.25, -0.2) is 9.97 Å². The molecule has 0 spiro atoms. The van der Waals surface area contributed by atoms with E-state index < -0.39 is 5.41 Å². The molecule has 0 atom stereocenters. The van der Waals surface area contributed by atoms with Crippen LogP contribution in [0.4, 0.5) is 0 Å². The second-order valence-electron chi connectivity index (χ2n) is 15.7. The zero-order valence-electron chi connectivity index (χ0n) is 33.5. The lowest BCUT2D eigenvalue weighted by Crippen LogP contribution is -2.28. The highest BCUT2D eigenvalue weighted by molar-refractivity contribution is 5.89. The summed E-state index contributed by atoms with van der Waals surface area (Å²) in [6.07, 6.45) is 0. The van der Waals surface area contributed by atoms with E-state index >= 15 is 0 Å². The van der Waals surface area contributed by atoms with Gasteiger partial charge in [-0.05, 0) is 91.0 Å². The fraction of sp³-hybridized carbons (Fsp3) is 0.0169. The van der Waals surface area contributed by atoms with Crippen molar-refractivity contribution in [3.8, 4) is 78.4 Å². The Balaban J connectivity index is 0.953. The normalized spacial score (nSPS) is 12.4. The van der Waals surface area contributed by atoms with Crippen molar-refractivity contribution in [2.75, 3.05) is 0 Å². The van der Waals surface area contributed by atoms with E-state index in [0.29, 0.717) is 5.82 Å². The molecule has 286 valence electrons. The van der Waals surface area contributed by atoms with E-state index in [1.54, 1.807) is 0 Å². The summed E-state index contributed by atoms with van der Waals surface area (Å²) >= 11 is 0. The van der Waals surface area contributed by atoms with Gasteiger partial charge in [0.25, 0.3) is 0 Å². The van der Waals surface area contributed by atoms with Crippen molar-refractivity contribution in [2.24, 2.45) is 0 Å². The molecular formula is C59H40N2. The minimum Gasteiger partial charge on any atom is -0.228 e. The minimum atomic E-state index is -0.404. The average molecular weight is 777 g/mol. The summed E-state index contributed by atoms with van der Waals surface area (Å²) in [7, 11) is 0. The molecule has 0 unspecified atom stereocenters. The molecule has 1 heterocycles. The first-order chi connectivity index (χ1) is 30.2. The van der Waals surface area contributed by atoms with Crippen molar-refractivity contribution in [1.82, 2.24) is 9.97 Å². The molecule has 1 aliphatic rings. The molecular weight excluding hydrogens is 737 g/mol. The highest BCUT2D eigenvalue weighted by atomic mass is 14.9. The molecule has 0 saturated carbocycles. The maximum atomic E-state index is 5.20. The molecule has 0 radical (unpaired) electrons. The summed E-state index contributed by atoms with van der Waals surface area (Å²) in [5, 5.41) is 0. The number of rotatable bonds is 8. The van der Waals surface area contributed by atoms with Crippen LogP contribution < -0.4 is 0 Å². The van der Waals surface area contributed by atoms with E-state index in [1.807, 2.05) is 12.1 Å². The van der Waals surface area contributed by atoms with Gasteiger partial charge in [-0.15, -0.1) is 0 Å². The molecule has 1 aliphatic carbocycles. The van der Waals surface area contributed by atoms with Crippen LogP contribution in [0.5, 0.6) is 0 Å². The number of benzene rings is 9. The second-order valence-corrected chi connectivity index (χ2v) is 15.7. The predicted octanol–water partition coefficient (Wildman–Crippen LogP) is 14.8. The maximum Gasteiger partial charge on any atom is 0.160 e. The lowest BCUT2D eigenvalue weighted by atomic mass is 9.67. The zero-order chi connectivity index (χ0) is 40.6. The van der Waals surface area contributed by atoms with Crippen molar-refractivity contribution in [2.45, 2.75) is 5.41 Å². The second kappa shape index (κ2) is 15.3. The molecule has 2 nitrogen and oxygen atoms in total. The van der Waals surface area contributed by atoms with E-state index in [2.05, 4.69) is 231 Å². The Bertz CT molecular complexity index is 3120. The first-order valence-corrected chi connectivity index (χ1v) is 20.9. The molecule has 0 saturated heterocycles. The molecule has 9 aromatic carbocycles. The molecule has 2 heteroatoms. The minimum absolute atomic E-state index is 0.404. The maximum absolute atomic E-state index is 5.20. The van der Waals surface area contributed by atoms with Gasteiger partial charge in [-0.1, -0.05) is 218 Å². The third-order valence-corrected chi connectivity index (χ3v) is 12.2. The van der Waals surface area contributed by atoms with Crippen molar-refractivity contribution in [3.63, 3.8) is 0 Å². The van der Waals surface area contributed by atoms with Crippen LogP contribution >= 0.6 is 0 Å². The van der Waals surface area contributed by atoms with Crippen LogP contribution in [0.25, 0.3) is 78.4 Å². The topological polar surface area (TPSA) is 25.8 Å². The van der Waals surface area contributed by atoms with E-state index in [1.165, 1.54) is 50.1 Å². The third-order valence-electron chi connectivity index (χ3n) is 12.2. The van der Waals surface area contributed by atoms with Gasteiger partial charge >= 0.3 is 0 Å². The van der Waals surface area contributed by atoms with Crippen molar-refractivity contribution in [3.05, 3.63) is 265 Å². The summed E-state index contributed by atoms with van der Waals surface area (Å²) in [4.78, 5) is 10.4. The molecule has 0 aliphatic heterocycles. The molecule has 0 amide bonds. The number of hydrogen-bond donors (Lipinski definition) is 0. The Morgan fingerprint density at radius 1 is 0.246 bits per heavy atom. The average Bonchev–Trinajstić information content (AvgIpc) is 3.65. The van der Waals surface area contributed by atoms with E-state index in [4.69, 9.17) is 9.97 Å². The molecule has 11 rings (SSSR count). The zero-order valence-corrected chi connectivity index (χ0v) is 33.5. The first kappa shape index (κ1) is 36.2. The smallest absolute Gasteiger partial charge is 0.160 e. The van der Waals surface area contributed by atoms with Crippen LogP contribution in [0.2, 0.25) is 0 Å². The molecule has 10 aromatic rings. The van der Waals surface area contributed by atoms with Crippen LogP contribution in [0, 0.1) is 0 Å². The Morgan fingerprint density at radius 3 is 1.28 bits per heavy atom. The third kappa shape index (κ3) is 6.46. The number of aromatic nitrogens is 2. The fourth-order valence-electron chi connectivity index (χ4n) is 9.29. The summed E-state index contributed by atoms with van der Waals surface area (Å²) < 4.78 is 0. The largest absolute Gasteiger partial charge is 0.228 e. The molecule has 0 N–H and O–H groups in total. The van der Waals surface area contributed by atoms with Gasteiger partial charge in [-0.2, -0.15) is 0 Å². The monoisotopic (exact) mass is 776 g/mol. The van der Waals surface area contributed by atoms with E-state index in [9.17, 15) is 0 Å². The van der Waals surface area contributed by atoms with Crippen LogP contribution in [0.1, 0.15) is 22.3 Å². The lowest BCUT2D eigenvalue weighted by Gasteiger charge is -2.33. The van der Waals surface area contributed by atoms with Crippen molar-refractivity contribution < 1.29 is 0 Å². The van der Waals surface area contributed by atoms with E-state index in [-0.39, 0.29) is 0 Å². The van der Waals surface area contributed by atoms with Gasteiger partial charge in [-0.3, -0.25) is 0 Å². The summed E-state index contributed by atoms with van der Waals surface area (Å²) in [6, 6.07) is 87.0. The van der Waals surface area contributed by atoms with Gasteiger partial charge in [0, 0.05) is 16.7 Å². The Labute approximate surface area is 357 Å². The molecule has 1 aromatic heterocycles. The summed E-state index contributed by atoms with van der Waals surface area (Å²) in [6.45, 7) is 0. The molecule has 61 heavy (non-hydrogen) atoms. The van der Waals surface area contributed by atoms with Gasteiger partial charge in [0.15, 0.2) is 5.82 Å². The first-order valence-electron chi connectivity index (χ1n) is 20.9. The van der Waals surface area contributed by atoms with Gasteiger partial charge in [0.05, 0.1) is 16.8 Å². The standard InChI is InChI=1S/C59H40N2/c1-5-17-41(18-6-1)45-21-15-23-48(37-45)57-40-56(44-19-7-2-8-20-44)60-58(61-57)49-24-16-22-46(38-49)42-31-33-43(34-32-42)47-35-36-55-53(39-47)52-29-13-14-30-54(52)59(55,50-25-9-3-10-26-50)51-27-11-4-12-28-51/h1-40H. The summed E-state index contributed by atoms with van der Waals surface area (Å²) in [5.74, 6) is 0.695. The quantitative estimate of drug-likeness (QED) is 0.154. The Kier molecular flexibility index (Phi) is 9.09. The lowest BCUT2D eigenvalue weighted by molar-refractivity contribution is 0.768. The van der Waals surface area contributed by atoms with Crippen LogP contribution in [-0.4, -0.2) is 9.97 Å². The number of fused-ring (bicyclic) bond motifs is 3. The number of hydrogen-bond acceptors (Lipinski definition) is 2. The van der Waals surface area contributed by atoms with Crippen molar-refractivity contribution >= 4 is 0 Å². The highest BCUT2D eigenvalue weighted by Crippen LogP contribution is 2.56. The van der Waals surface area contributed by atoms with Crippen molar-refractivity contribution in [1.29, 1.82) is 0 Å². The molecule has 0 fully saturated rings. The van der Waals surface area contributed by atoms with Gasteiger partial charge in [0.1, 0.15) is 0 Å². The van der Waals surface area contributed by atoms with Crippen LogP contribution in [-0.2, 0) is 5.41 Å². The van der Waals surface area contributed by atoms with Crippen LogP contribution in [0.3, 0.4) is 0 Å². The van der Waals surface area contributed by atoms with Gasteiger partial charge < -0.3 is 0 Å². The fourth-order valence-corrected chi connectivity index (χ4v) is 9.29.